The molecule has 0 atom stereocenters. The fourth-order valence-corrected chi connectivity index (χ4v) is 1.19. The van der Waals surface area contributed by atoms with Gasteiger partial charge >= 0.3 is 0 Å². The van der Waals surface area contributed by atoms with E-state index in [0.29, 0.717) is 11.3 Å². The van der Waals surface area contributed by atoms with Crippen LogP contribution < -0.4 is 11.1 Å². The van der Waals surface area contributed by atoms with Gasteiger partial charge in [-0.25, -0.2) is 0 Å². The second-order valence-electron chi connectivity index (χ2n) is 3.64. The number of benzene rings is 1. The Labute approximate surface area is 90.3 Å². The highest BCUT2D eigenvalue weighted by Gasteiger charge is 2.00. The number of hydrogen-bond acceptors (Lipinski definition) is 4. The maximum atomic E-state index is 8.74. The summed E-state index contributed by atoms with van der Waals surface area (Å²) in [5.41, 5.74) is 7.90. The highest BCUT2D eigenvalue weighted by Crippen LogP contribution is 2.19. The SMILES string of the molecule is CN(C)CCNc1cc(C#N)ccc1N. The third kappa shape index (κ3) is 3.49. The Balaban J connectivity index is 2.64. The summed E-state index contributed by atoms with van der Waals surface area (Å²) >= 11 is 0. The van der Waals surface area contributed by atoms with E-state index in [1.54, 1.807) is 18.2 Å². The minimum Gasteiger partial charge on any atom is -0.397 e. The number of anilines is 2. The van der Waals surface area contributed by atoms with Crippen LogP contribution in [0.5, 0.6) is 0 Å². The number of nitrogens with one attached hydrogen (secondary N) is 1. The van der Waals surface area contributed by atoms with Gasteiger partial charge in [0.05, 0.1) is 23.0 Å². The lowest BCUT2D eigenvalue weighted by Crippen LogP contribution is -2.21. The molecule has 15 heavy (non-hydrogen) atoms. The van der Waals surface area contributed by atoms with E-state index in [2.05, 4.69) is 16.3 Å². The molecule has 0 amide bonds. The van der Waals surface area contributed by atoms with Crippen LogP contribution in [0, 0.1) is 11.3 Å². The summed E-state index contributed by atoms with van der Waals surface area (Å²) in [6.45, 7) is 1.74. The second kappa shape index (κ2) is 5.23. The predicted octanol–water partition coefficient (Wildman–Crippen LogP) is 1.11. The van der Waals surface area contributed by atoms with E-state index in [9.17, 15) is 0 Å². The van der Waals surface area contributed by atoms with Crippen molar-refractivity contribution >= 4 is 11.4 Å². The van der Waals surface area contributed by atoms with E-state index >= 15 is 0 Å². The Bertz CT molecular complexity index is 365. The predicted molar refractivity (Wildman–Crippen MR) is 62.6 cm³/mol. The van der Waals surface area contributed by atoms with Gasteiger partial charge in [0.1, 0.15) is 0 Å². The molecule has 0 aromatic heterocycles. The number of nitrogen functional groups attached to an aromatic ring is 1. The molecule has 1 rings (SSSR count). The van der Waals surface area contributed by atoms with Crippen molar-refractivity contribution in [3.05, 3.63) is 23.8 Å². The van der Waals surface area contributed by atoms with Crippen LogP contribution in [0.15, 0.2) is 18.2 Å². The van der Waals surface area contributed by atoms with Gasteiger partial charge in [-0.15, -0.1) is 0 Å². The molecule has 0 spiro atoms. The maximum Gasteiger partial charge on any atom is 0.0992 e. The van der Waals surface area contributed by atoms with Gasteiger partial charge in [-0.3, -0.25) is 0 Å². The Morgan fingerprint density at radius 3 is 2.80 bits per heavy atom. The first-order chi connectivity index (χ1) is 7.13. The molecule has 0 unspecified atom stereocenters. The third-order valence-corrected chi connectivity index (χ3v) is 2.06. The molecule has 3 N–H and O–H groups in total. The van der Waals surface area contributed by atoms with Crippen molar-refractivity contribution in [1.29, 1.82) is 5.26 Å². The van der Waals surface area contributed by atoms with Crippen molar-refractivity contribution in [2.24, 2.45) is 0 Å². The lowest BCUT2D eigenvalue weighted by atomic mass is 10.2. The average molecular weight is 204 g/mol. The van der Waals surface area contributed by atoms with Crippen molar-refractivity contribution in [3.8, 4) is 6.07 Å². The summed E-state index contributed by atoms with van der Waals surface area (Å²) in [5, 5.41) is 11.9. The van der Waals surface area contributed by atoms with Crippen LogP contribution in [-0.2, 0) is 0 Å². The summed E-state index contributed by atoms with van der Waals surface area (Å²) in [5.74, 6) is 0. The molecule has 0 aliphatic carbocycles. The van der Waals surface area contributed by atoms with Crippen molar-refractivity contribution in [2.45, 2.75) is 0 Å². The summed E-state index contributed by atoms with van der Waals surface area (Å²) in [6.07, 6.45) is 0. The number of nitrogens with two attached hydrogens (primary N) is 1. The van der Waals surface area contributed by atoms with Crippen LogP contribution in [0.2, 0.25) is 0 Å². The van der Waals surface area contributed by atoms with Crippen LogP contribution in [0.4, 0.5) is 11.4 Å². The lowest BCUT2D eigenvalue weighted by molar-refractivity contribution is 0.425. The quantitative estimate of drug-likeness (QED) is 0.721. The van der Waals surface area contributed by atoms with Gasteiger partial charge in [-0.1, -0.05) is 0 Å². The van der Waals surface area contributed by atoms with Crippen molar-refractivity contribution < 1.29 is 0 Å². The molecule has 0 heterocycles. The highest BCUT2D eigenvalue weighted by molar-refractivity contribution is 5.68. The summed E-state index contributed by atoms with van der Waals surface area (Å²) in [4.78, 5) is 2.08. The Hall–Kier alpha value is -1.73. The van der Waals surface area contributed by atoms with Crippen LogP contribution in [0.3, 0.4) is 0 Å². The zero-order valence-electron chi connectivity index (χ0n) is 9.12. The first-order valence-electron chi connectivity index (χ1n) is 4.81. The Kier molecular flexibility index (Phi) is 3.95. The largest absolute Gasteiger partial charge is 0.397 e. The summed E-state index contributed by atoms with van der Waals surface area (Å²) in [7, 11) is 4.02. The number of hydrogen-bond donors (Lipinski definition) is 2. The fourth-order valence-electron chi connectivity index (χ4n) is 1.19. The van der Waals surface area contributed by atoms with Gasteiger partial charge in [0.15, 0.2) is 0 Å². The van der Waals surface area contributed by atoms with Crippen molar-refractivity contribution in [2.75, 3.05) is 38.2 Å². The number of nitrogens with zero attached hydrogens (tertiary/aromatic N) is 2. The smallest absolute Gasteiger partial charge is 0.0992 e. The van der Waals surface area contributed by atoms with E-state index in [1.165, 1.54) is 0 Å². The van der Waals surface area contributed by atoms with E-state index in [4.69, 9.17) is 11.0 Å². The molecule has 0 radical (unpaired) electrons. The van der Waals surface area contributed by atoms with Crippen LogP contribution in [-0.4, -0.2) is 32.1 Å². The minimum atomic E-state index is 0.622. The van der Waals surface area contributed by atoms with Gasteiger partial charge in [0, 0.05) is 13.1 Å². The van der Waals surface area contributed by atoms with Gasteiger partial charge in [-0.05, 0) is 32.3 Å². The molecular formula is C11H16N4. The molecule has 1 aromatic carbocycles. The highest BCUT2D eigenvalue weighted by atomic mass is 15.1. The summed E-state index contributed by atoms with van der Waals surface area (Å²) in [6, 6.07) is 7.32. The van der Waals surface area contributed by atoms with Crippen molar-refractivity contribution in [3.63, 3.8) is 0 Å². The zero-order chi connectivity index (χ0) is 11.3. The molecular weight excluding hydrogens is 188 g/mol. The van der Waals surface area contributed by atoms with Gasteiger partial charge in [0.2, 0.25) is 0 Å². The average Bonchev–Trinajstić information content (AvgIpc) is 2.20. The van der Waals surface area contributed by atoms with E-state index in [0.717, 1.165) is 18.8 Å². The van der Waals surface area contributed by atoms with Crippen molar-refractivity contribution in [1.82, 2.24) is 4.90 Å². The standard InChI is InChI=1S/C11H16N4/c1-15(2)6-5-14-11-7-9(8-12)3-4-10(11)13/h3-4,7,14H,5-6,13H2,1-2H3. The molecule has 4 nitrogen and oxygen atoms in total. The van der Waals surface area contributed by atoms with E-state index in [-0.39, 0.29) is 0 Å². The molecule has 0 saturated carbocycles. The molecule has 0 fully saturated rings. The molecule has 0 aliphatic heterocycles. The topological polar surface area (TPSA) is 65.1 Å². The first kappa shape index (κ1) is 11.3. The zero-order valence-corrected chi connectivity index (χ0v) is 9.12. The maximum absolute atomic E-state index is 8.74. The van der Waals surface area contributed by atoms with Crippen LogP contribution in [0.1, 0.15) is 5.56 Å². The molecule has 0 bridgehead atoms. The van der Waals surface area contributed by atoms with E-state index in [1.807, 2.05) is 14.1 Å². The Morgan fingerprint density at radius 2 is 2.20 bits per heavy atom. The fraction of sp³-hybridized carbons (Fsp3) is 0.364. The van der Waals surface area contributed by atoms with Crippen LogP contribution in [0.25, 0.3) is 0 Å². The molecule has 1 aromatic rings. The third-order valence-electron chi connectivity index (χ3n) is 2.06. The van der Waals surface area contributed by atoms with E-state index < -0.39 is 0 Å². The monoisotopic (exact) mass is 204 g/mol. The summed E-state index contributed by atoms with van der Waals surface area (Å²) < 4.78 is 0. The number of nitriles is 1. The van der Waals surface area contributed by atoms with Gasteiger partial charge < -0.3 is 16.0 Å². The first-order valence-corrected chi connectivity index (χ1v) is 4.81. The lowest BCUT2D eigenvalue weighted by Gasteiger charge is -2.12. The normalized spacial score (nSPS) is 10.0. The Morgan fingerprint density at radius 1 is 1.47 bits per heavy atom. The second-order valence-corrected chi connectivity index (χ2v) is 3.64. The number of rotatable bonds is 4. The molecule has 0 saturated heterocycles. The molecule has 0 aliphatic rings. The van der Waals surface area contributed by atoms with Gasteiger partial charge in [-0.2, -0.15) is 5.26 Å². The number of likely N-dealkylation sites (N-methyl/N-ethyl adjacent to an activating group) is 1. The van der Waals surface area contributed by atoms with Crippen LogP contribution >= 0.6 is 0 Å². The minimum absolute atomic E-state index is 0.622. The molecule has 80 valence electrons. The van der Waals surface area contributed by atoms with Gasteiger partial charge in [0.25, 0.3) is 0 Å². The molecule has 4 heteroatoms.